The number of nitrogens with zero attached hydrogens (tertiary/aromatic N) is 1. The molecule has 2 heterocycles. The smallest absolute Gasteiger partial charge is 0.206 e. The van der Waals surface area contributed by atoms with Crippen LogP contribution in [0.25, 0.3) is 0 Å². The number of halogens is 2. The first kappa shape index (κ1) is 14.8. The van der Waals surface area contributed by atoms with Crippen LogP contribution in [0.15, 0.2) is 20.1 Å². The van der Waals surface area contributed by atoms with E-state index in [1.165, 1.54) is 11.3 Å². The number of sulfonamides is 1. The van der Waals surface area contributed by atoms with Gasteiger partial charge in [0.15, 0.2) is 0 Å². The first-order valence-electron chi connectivity index (χ1n) is 5.89. The molecule has 1 aliphatic rings. The first-order valence-corrected chi connectivity index (χ1v) is 9.47. The average Bonchev–Trinajstić information content (AvgIpc) is 2.95. The Labute approximate surface area is 125 Å². The topological polar surface area (TPSA) is 37.4 Å². The summed E-state index contributed by atoms with van der Waals surface area (Å²) >= 11 is 10.3. The van der Waals surface area contributed by atoms with Crippen LogP contribution in [0.4, 0.5) is 0 Å². The SMILES string of the molecule is O=S(=O)(c1ccc(Br)s1)N1CCCC1CCCCl. The normalized spacial score (nSPS) is 21.6. The molecule has 0 spiro atoms. The van der Waals surface area contributed by atoms with E-state index in [0.29, 0.717) is 16.6 Å². The van der Waals surface area contributed by atoms with E-state index in [1.807, 2.05) is 0 Å². The Morgan fingerprint density at radius 1 is 1.50 bits per heavy atom. The van der Waals surface area contributed by atoms with Crippen molar-refractivity contribution in [2.75, 3.05) is 12.4 Å². The van der Waals surface area contributed by atoms with Crippen molar-refractivity contribution < 1.29 is 8.42 Å². The quantitative estimate of drug-likeness (QED) is 0.739. The van der Waals surface area contributed by atoms with Crippen LogP contribution < -0.4 is 0 Å². The number of alkyl halides is 1. The zero-order chi connectivity index (χ0) is 13.2. The lowest BCUT2D eigenvalue weighted by Gasteiger charge is -2.23. The molecule has 1 fully saturated rings. The van der Waals surface area contributed by atoms with E-state index in [-0.39, 0.29) is 6.04 Å². The summed E-state index contributed by atoms with van der Waals surface area (Å²) in [6.07, 6.45) is 3.61. The van der Waals surface area contributed by atoms with Crippen molar-refractivity contribution in [3.63, 3.8) is 0 Å². The zero-order valence-electron chi connectivity index (χ0n) is 9.81. The van der Waals surface area contributed by atoms with Gasteiger partial charge in [-0.05, 0) is 53.7 Å². The molecule has 1 aliphatic heterocycles. The molecule has 3 nitrogen and oxygen atoms in total. The molecular formula is C11H15BrClNO2S2. The van der Waals surface area contributed by atoms with Gasteiger partial charge in [-0.15, -0.1) is 22.9 Å². The second-order valence-electron chi connectivity index (χ2n) is 4.30. The molecule has 0 radical (unpaired) electrons. The van der Waals surface area contributed by atoms with Gasteiger partial charge in [-0.2, -0.15) is 4.31 Å². The molecule has 0 saturated carbocycles. The van der Waals surface area contributed by atoms with Crippen LogP contribution >= 0.6 is 38.9 Å². The van der Waals surface area contributed by atoms with Gasteiger partial charge in [0.2, 0.25) is 0 Å². The van der Waals surface area contributed by atoms with Crippen molar-refractivity contribution in [1.82, 2.24) is 4.31 Å². The van der Waals surface area contributed by atoms with Crippen molar-refractivity contribution in [3.8, 4) is 0 Å². The Bertz CT molecular complexity index is 503. The van der Waals surface area contributed by atoms with Crippen molar-refractivity contribution >= 4 is 48.9 Å². The summed E-state index contributed by atoms with van der Waals surface area (Å²) in [4.78, 5) is 0. The van der Waals surface area contributed by atoms with Crippen LogP contribution in [-0.2, 0) is 10.0 Å². The maximum absolute atomic E-state index is 12.5. The van der Waals surface area contributed by atoms with Crippen molar-refractivity contribution in [3.05, 3.63) is 15.9 Å². The fourth-order valence-electron chi connectivity index (χ4n) is 2.28. The predicted molar refractivity (Wildman–Crippen MR) is 78.9 cm³/mol. The maximum atomic E-state index is 12.5. The minimum absolute atomic E-state index is 0.120. The highest BCUT2D eigenvalue weighted by molar-refractivity contribution is 9.11. The van der Waals surface area contributed by atoms with Gasteiger partial charge in [-0.3, -0.25) is 0 Å². The minimum Gasteiger partial charge on any atom is -0.206 e. The van der Waals surface area contributed by atoms with Crippen LogP contribution in [0, 0.1) is 0 Å². The Balaban J connectivity index is 2.18. The number of thiophene rings is 1. The van der Waals surface area contributed by atoms with Gasteiger partial charge in [0.1, 0.15) is 4.21 Å². The summed E-state index contributed by atoms with van der Waals surface area (Å²) in [6.45, 7) is 0.630. The van der Waals surface area contributed by atoms with E-state index >= 15 is 0 Å². The molecule has 7 heteroatoms. The Hall–Kier alpha value is 0.380. The van der Waals surface area contributed by atoms with Gasteiger partial charge in [-0.1, -0.05) is 0 Å². The molecular weight excluding hydrogens is 358 g/mol. The first-order chi connectivity index (χ1) is 8.55. The fourth-order valence-corrected chi connectivity index (χ4v) is 6.30. The molecule has 0 aliphatic carbocycles. The number of rotatable bonds is 5. The summed E-state index contributed by atoms with van der Waals surface area (Å²) in [5, 5.41) is 0. The molecule has 1 aromatic heterocycles. The Morgan fingerprint density at radius 2 is 2.28 bits per heavy atom. The van der Waals surface area contributed by atoms with Crippen LogP contribution in [0.3, 0.4) is 0 Å². The molecule has 1 unspecified atom stereocenters. The molecule has 18 heavy (non-hydrogen) atoms. The van der Waals surface area contributed by atoms with Gasteiger partial charge in [-0.25, -0.2) is 8.42 Å². The summed E-state index contributed by atoms with van der Waals surface area (Å²) in [5.74, 6) is 0.592. The Morgan fingerprint density at radius 3 is 2.89 bits per heavy atom. The van der Waals surface area contributed by atoms with E-state index in [9.17, 15) is 8.42 Å². The monoisotopic (exact) mass is 371 g/mol. The van der Waals surface area contributed by atoms with E-state index in [2.05, 4.69) is 15.9 Å². The maximum Gasteiger partial charge on any atom is 0.252 e. The fraction of sp³-hybridized carbons (Fsp3) is 0.636. The van der Waals surface area contributed by atoms with Crippen molar-refractivity contribution in [2.24, 2.45) is 0 Å². The Kier molecular flexibility index (Phi) is 5.11. The lowest BCUT2D eigenvalue weighted by Crippen LogP contribution is -2.35. The molecule has 1 saturated heterocycles. The average molecular weight is 373 g/mol. The van der Waals surface area contributed by atoms with E-state index < -0.39 is 10.0 Å². The summed E-state index contributed by atoms with van der Waals surface area (Å²) in [6, 6.07) is 3.57. The van der Waals surface area contributed by atoms with Crippen LogP contribution in [0.2, 0.25) is 0 Å². The molecule has 0 N–H and O–H groups in total. The van der Waals surface area contributed by atoms with Gasteiger partial charge < -0.3 is 0 Å². The van der Waals surface area contributed by atoms with Crippen LogP contribution in [0.1, 0.15) is 25.7 Å². The zero-order valence-corrected chi connectivity index (χ0v) is 13.8. The van der Waals surface area contributed by atoms with E-state index in [0.717, 1.165) is 29.5 Å². The highest BCUT2D eigenvalue weighted by Crippen LogP contribution is 2.33. The number of hydrogen-bond acceptors (Lipinski definition) is 3. The molecule has 1 aromatic rings. The van der Waals surface area contributed by atoms with Gasteiger partial charge in [0.05, 0.1) is 3.79 Å². The van der Waals surface area contributed by atoms with E-state index in [4.69, 9.17) is 11.6 Å². The second kappa shape index (κ2) is 6.22. The molecule has 0 bridgehead atoms. The third-order valence-electron chi connectivity index (χ3n) is 3.11. The summed E-state index contributed by atoms with van der Waals surface area (Å²) in [7, 11) is -3.32. The summed E-state index contributed by atoms with van der Waals surface area (Å²) < 4.78 is 27.9. The third kappa shape index (κ3) is 3.10. The predicted octanol–water partition coefficient (Wildman–Crippen LogP) is 3.68. The van der Waals surface area contributed by atoms with Crippen LogP contribution in [-0.4, -0.2) is 31.2 Å². The molecule has 1 atom stereocenters. The lowest BCUT2D eigenvalue weighted by atomic mass is 10.1. The van der Waals surface area contributed by atoms with Gasteiger partial charge in [0.25, 0.3) is 10.0 Å². The third-order valence-corrected chi connectivity index (χ3v) is 7.42. The largest absolute Gasteiger partial charge is 0.252 e. The van der Waals surface area contributed by atoms with Crippen molar-refractivity contribution in [2.45, 2.75) is 35.9 Å². The molecule has 2 rings (SSSR count). The second-order valence-corrected chi connectivity index (χ2v) is 9.26. The minimum atomic E-state index is -3.32. The molecule has 0 amide bonds. The van der Waals surface area contributed by atoms with Gasteiger partial charge >= 0.3 is 0 Å². The van der Waals surface area contributed by atoms with Crippen molar-refractivity contribution in [1.29, 1.82) is 0 Å². The number of hydrogen-bond donors (Lipinski definition) is 0. The highest BCUT2D eigenvalue weighted by atomic mass is 79.9. The highest BCUT2D eigenvalue weighted by Gasteiger charge is 2.35. The summed E-state index contributed by atoms with van der Waals surface area (Å²) in [5.41, 5.74) is 0. The molecule has 0 aromatic carbocycles. The lowest BCUT2D eigenvalue weighted by molar-refractivity contribution is 0.369. The van der Waals surface area contributed by atoms with Gasteiger partial charge in [0, 0.05) is 18.5 Å². The van der Waals surface area contributed by atoms with Crippen LogP contribution in [0.5, 0.6) is 0 Å². The van der Waals surface area contributed by atoms with E-state index in [1.54, 1.807) is 16.4 Å². The standard InChI is InChI=1S/C11H15BrClNO2S2/c12-10-5-6-11(17-10)18(15,16)14-8-2-4-9(14)3-1-7-13/h5-6,9H,1-4,7-8H2. The molecule has 102 valence electrons.